The number of hydrogen-bond acceptors (Lipinski definition) is 3. The van der Waals surface area contributed by atoms with Gasteiger partial charge in [-0.1, -0.05) is 6.07 Å². The first-order chi connectivity index (χ1) is 13.4. The van der Waals surface area contributed by atoms with Crippen LogP contribution in [0.1, 0.15) is 15.9 Å². The summed E-state index contributed by atoms with van der Waals surface area (Å²) in [6.45, 7) is 2.00. The molecule has 28 heavy (non-hydrogen) atoms. The van der Waals surface area contributed by atoms with E-state index in [0.29, 0.717) is 0 Å². The topological polar surface area (TPSA) is 59.8 Å². The quantitative estimate of drug-likeness (QED) is 0.572. The van der Waals surface area contributed by atoms with Gasteiger partial charge in [-0.25, -0.2) is 13.8 Å². The van der Waals surface area contributed by atoms with Crippen LogP contribution in [0.25, 0.3) is 22.0 Å². The molecule has 0 bridgehead atoms. The van der Waals surface area contributed by atoms with Crippen LogP contribution in [0.15, 0.2) is 54.9 Å². The van der Waals surface area contributed by atoms with Crippen LogP contribution in [0.3, 0.4) is 0 Å². The number of nitrogens with zero attached hydrogens (tertiary/aromatic N) is 3. The second kappa shape index (κ2) is 6.84. The van der Waals surface area contributed by atoms with Crippen molar-refractivity contribution in [3.05, 3.63) is 77.6 Å². The van der Waals surface area contributed by atoms with Gasteiger partial charge in [0, 0.05) is 30.4 Å². The van der Waals surface area contributed by atoms with Crippen molar-refractivity contribution in [1.82, 2.24) is 14.8 Å². The van der Waals surface area contributed by atoms with E-state index in [1.807, 2.05) is 32.3 Å². The third kappa shape index (κ3) is 3.22. The summed E-state index contributed by atoms with van der Waals surface area (Å²) in [7, 11) is 1.87. The van der Waals surface area contributed by atoms with Crippen molar-refractivity contribution >= 4 is 22.6 Å². The highest BCUT2D eigenvalue weighted by molar-refractivity contribution is 6.04. The molecule has 1 amide bonds. The molecule has 0 radical (unpaired) electrons. The number of carbonyl (C=O) groups excluding carboxylic acids is 1. The average molecular weight is 378 g/mol. The summed E-state index contributed by atoms with van der Waals surface area (Å²) in [5.74, 6) is -2.53. The lowest BCUT2D eigenvalue weighted by Gasteiger charge is -2.09. The van der Waals surface area contributed by atoms with Gasteiger partial charge in [-0.2, -0.15) is 5.10 Å². The highest BCUT2D eigenvalue weighted by Gasteiger charge is 2.17. The van der Waals surface area contributed by atoms with Gasteiger partial charge in [0.25, 0.3) is 5.91 Å². The van der Waals surface area contributed by atoms with Gasteiger partial charge < -0.3 is 5.32 Å². The van der Waals surface area contributed by atoms with Gasteiger partial charge in [-0.05, 0) is 54.4 Å². The number of nitrogens with one attached hydrogen (secondary N) is 1. The molecule has 2 heterocycles. The van der Waals surface area contributed by atoms with Crippen LogP contribution in [-0.4, -0.2) is 20.7 Å². The summed E-state index contributed by atoms with van der Waals surface area (Å²) in [6, 6.07) is 10.7. The molecule has 0 spiro atoms. The molecule has 0 aliphatic heterocycles. The first-order valence-electron chi connectivity index (χ1n) is 8.58. The van der Waals surface area contributed by atoms with E-state index < -0.39 is 23.1 Å². The smallest absolute Gasteiger partial charge is 0.262 e. The van der Waals surface area contributed by atoms with Gasteiger partial charge in [0.1, 0.15) is 23.0 Å². The number of hydrogen-bond donors (Lipinski definition) is 1. The predicted molar refractivity (Wildman–Crippen MR) is 103 cm³/mol. The maximum absolute atomic E-state index is 13.7. The Morgan fingerprint density at radius 2 is 1.86 bits per heavy atom. The van der Waals surface area contributed by atoms with Crippen LogP contribution in [0, 0.1) is 18.6 Å². The molecule has 7 heteroatoms. The van der Waals surface area contributed by atoms with Crippen LogP contribution in [0.4, 0.5) is 14.6 Å². The molecule has 140 valence electrons. The summed E-state index contributed by atoms with van der Waals surface area (Å²) in [5, 5.41) is 7.88. The molecule has 0 saturated heterocycles. The Balaban J connectivity index is 1.61. The number of pyridine rings is 1. The summed E-state index contributed by atoms with van der Waals surface area (Å²) in [5.41, 5.74) is 3.12. The lowest BCUT2D eigenvalue weighted by atomic mass is 10.0. The molecule has 4 aromatic rings. The molecular weight excluding hydrogens is 362 g/mol. The largest absolute Gasteiger partial charge is 0.306 e. The number of carbonyl (C=O) groups is 1. The molecule has 1 N–H and O–H groups in total. The number of benzene rings is 2. The predicted octanol–water partition coefficient (Wildman–Crippen LogP) is 4.47. The fourth-order valence-corrected chi connectivity index (χ4v) is 3.14. The van der Waals surface area contributed by atoms with E-state index >= 15 is 0 Å². The molecule has 0 unspecified atom stereocenters. The Labute approximate surface area is 159 Å². The van der Waals surface area contributed by atoms with Crippen LogP contribution in [0.5, 0.6) is 0 Å². The van der Waals surface area contributed by atoms with Gasteiger partial charge in [0.05, 0.1) is 5.52 Å². The lowest BCUT2D eigenvalue weighted by Crippen LogP contribution is -2.16. The maximum atomic E-state index is 13.7. The zero-order valence-corrected chi connectivity index (χ0v) is 15.2. The van der Waals surface area contributed by atoms with Gasteiger partial charge in [0.15, 0.2) is 0 Å². The van der Waals surface area contributed by atoms with Gasteiger partial charge in [0.2, 0.25) is 0 Å². The van der Waals surface area contributed by atoms with Crippen molar-refractivity contribution in [2.24, 2.45) is 7.05 Å². The van der Waals surface area contributed by atoms with Gasteiger partial charge >= 0.3 is 0 Å². The number of rotatable bonds is 3. The molecule has 0 fully saturated rings. The summed E-state index contributed by atoms with van der Waals surface area (Å²) >= 11 is 0. The van der Waals surface area contributed by atoms with Crippen molar-refractivity contribution in [2.45, 2.75) is 6.92 Å². The van der Waals surface area contributed by atoms with Crippen molar-refractivity contribution in [1.29, 1.82) is 0 Å². The zero-order chi connectivity index (χ0) is 19.8. The number of halogens is 2. The Bertz CT molecular complexity index is 1180. The molecular formula is C21H16F2N4O. The van der Waals surface area contributed by atoms with Crippen molar-refractivity contribution in [2.75, 3.05) is 5.32 Å². The fourth-order valence-electron chi connectivity index (χ4n) is 3.14. The fraction of sp³-hybridized carbons (Fsp3) is 0.0952. The standard InChI is InChI=1S/C21H16F2N4O/c1-12-8-14-11-27(2)26-18(14)9-15(12)13-6-7-19(24-10-13)25-21(28)20-16(22)4-3-5-17(20)23/h3-11H,1-2H3,(H,24,25,28). The first-order valence-corrected chi connectivity index (χ1v) is 8.58. The van der Waals surface area contributed by atoms with E-state index in [1.165, 1.54) is 6.07 Å². The molecule has 0 aliphatic rings. The number of fused-ring (bicyclic) bond motifs is 1. The van der Waals surface area contributed by atoms with E-state index in [1.54, 1.807) is 23.0 Å². The zero-order valence-electron chi connectivity index (χ0n) is 15.2. The normalized spacial score (nSPS) is 11.0. The van der Waals surface area contributed by atoms with Crippen LogP contribution < -0.4 is 5.32 Å². The Morgan fingerprint density at radius 1 is 1.11 bits per heavy atom. The van der Waals surface area contributed by atoms with Crippen molar-refractivity contribution in [3.8, 4) is 11.1 Å². The number of amides is 1. The number of aryl methyl sites for hydroxylation is 2. The molecule has 0 atom stereocenters. The van der Waals surface area contributed by atoms with E-state index in [9.17, 15) is 13.6 Å². The highest BCUT2D eigenvalue weighted by Crippen LogP contribution is 2.28. The molecule has 4 rings (SSSR count). The van der Waals surface area contributed by atoms with Crippen LogP contribution >= 0.6 is 0 Å². The second-order valence-electron chi connectivity index (χ2n) is 6.51. The summed E-state index contributed by atoms with van der Waals surface area (Å²) in [4.78, 5) is 16.4. The third-order valence-electron chi connectivity index (χ3n) is 4.47. The minimum atomic E-state index is -0.923. The van der Waals surface area contributed by atoms with Crippen molar-refractivity contribution in [3.63, 3.8) is 0 Å². The number of aromatic nitrogens is 3. The summed E-state index contributed by atoms with van der Waals surface area (Å²) in [6.07, 6.45) is 3.55. The Kier molecular flexibility index (Phi) is 4.35. The van der Waals surface area contributed by atoms with E-state index in [0.717, 1.165) is 39.7 Å². The van der Waals surface area contributed by atoms with E-state index in [4.69, 9.17) is 0 Å². The molecule has 0 saturated carbocycles. The lowest BCUT2D eigenvalue weighted by molar-refractivity contribution is 0.101. The van der Waals surface area contributed by atoms with Gasteiger partial charge in [-0.15, -0.1) is 0 Å². The molecule has 2 aromatic carbocycles. The van der Waals surface area contributed by atoms with Crippen molar-refractivity contribution < 1.29 is 13.6 Å². The highest BCUT2D eigenvalue weighted by atomic mass is 19.1. The third-order valence-corrected chi connectivity index (χ3v) is 4.47. The van der Waals surface area contributed by atoms with Crippen LogP contribution in [0.2, 0.25) is 0 Å². The molecule has 0 aliphatic carbocycles. The maximum Gasteiger partial charge on any atom is 0.262 e. The first kappa shape index (κ1) is 17.8. The molecule has 5 nitrogen and oxygen atoms in total. The minimum Gasteiger partial charge on any atom is -0.306 e. The van der Waals surface area contributed by atoms with Crippen LogP contribution in [-0.2, 0) is 7.05 Å². The monoisotopic (exact) mass is 378 g/mol. The Hall–Kier alpha value is -3.61. The minimum absolute atomic E-state index is 0.202. The number of anilines is 1. The van der Waals surface area contributed by atoms with E-state index in [2.05, 4.69) is 15.4 Å². The average Bonchev–Trinajstić information content (AvgIpc) is 3.00. The summed E-state index contributed by atoms with van der Waals surface area (Å²) < 4.78 is 29.2. The second-order valence-corrected chi connectivity index (χ2v) is 6.51. The van der Waals surface area contributed by atoms with E-state index in [-0.39, 0.29) is 5.82 Å². The SMILES string of the molecule is Cc1cc2cn(C)nc2cc1-c1ccc(NC(=O)c2c(F)cccc2F)nc1. The van der Waals surface area contributed by atoms with Gasteiger partial charge in [-0.3, -0.25) is 9.48 Å². The Morgan fingerprint density at radius 3 is 2.54 bits per heavy atom. The molecule has 2 aromatic heterocycles.